The first-order chi connectivity index (χ1) is 8.75. The second-order valence-corrected chi connectivity index (χ2v) is 7.29. The number of carbonyl (C=O) groups is 1. The fourth-order valence-electron chi connectivity index (χ4n) is 1.99. The van der Waals surface area contributed by atoms with E-state index < -0.39 is 20.2 Å². The number of amides is 1. The van der Waals surface area contributed by atoms with Gasteiger partial charge in [0.2, 0.25) is 20.8 Å². The van der Waals surface area contributed by atoms with Crippen LogP contribution in [0.3, 0.4) is 0 Å². The van der Waals surface area contributed by atoms with Crippen molar-refractivity contribution in [3.63, 3.8) is 0 Å². The molecule has 0 radical (unpaired) electrons. The zero-order chi connectivity index (χ0) is 14.4. The van der Waals surface area contributed by atoms with Crippen LogP contribution in [-0.4, -0.2) is 26.1 Å². The first kappa shape index (κ1) is 13.9. The lowest BCUT2D eigenvalue weighted by Gasteiger charge is -2.12. The van der Waals surface area contributed by atoms with E-state index in [0.29, 0.717) is 11.3 Å². The molecule has 0 N–H and O–H groups in total. The highest BCUT2D eigenvalue weighted by Gasteiger charge is 2.40. The molecule has 8 heteroatoms. The number of aryl methyl sites for hydroxylation is 1. The third-order valence-corrected chi connectivity index (χ3v) is 5.08. The summed E-state index contributed by atoms with van der Waals surface area (Å²) < 4.78 is 27.9. The maximum atomic E-state index is 11.9. The largest absolute Gasteiger partial charge is 0.444 e. The Morgan fingerprint density at radius 1 is 1.47 bits per heavy atom. The number of nitriles is 1. The molecule has 102 valence electrons. The molecular weight excluding hydrogens is 292 g/mol. The number of furan rings is 1. The van der Waals surface area contributed by atoms with Crippen molar-refractivity contribution in [3.8, 4) is 6.07 Å². The molecule has 0 spiro atoms. The molecule has 19 heavy (non-hydrogen) atoms. The zero-order valence-electron chi connectivity index (χ0n) is 10.3. The van der Waals surface area contributed by atoms with Crippen LogP contribution in [0.1, 0.15) is 23.3 Å². The number of hydrogen-bond acceptors (Lipinski definition) is 5. The summed E-state index contributed by atoms with van der Waals surface area (Å²) in [4.78, 5) is 13.0. The van der Waals surface area contributed by atoms with E-state index in [2.05, 4.69) is 0 Å². The molecule has 0 saturated carbocycles. The number of nitrogens with zero attached hydrogens (tertiary/aromatic N) is 2. The number of rotatable bonds is 2. The monoisotopic (exact) mass is 302 g/mol. The maximum Gasteiger partial charge on any atom is 0.237 e. The van der Waals surface area contributed by atoms with Gasteiger partial charge in [0.05, 0.1) is 0 Å². The molecule has 0 aromatic carbocycles. The molecule has 1 fully saturated rings. The van der Waals surface area contributed by atoms with E-state index in [-0.39, 0.29) is 24.4 Å². The van der Waals surface area contributed by atoms with Crippen molar-refractivity contribution in [2.75, 3.05) is 11.4 Å². The van der Waals surface area contributed by atoms with Gasteiger partial charge in [-0.2, -0.15) is 5.26 Å². The first-order valence-corrected chi connectivity index (χ1v) is 7.87. The van der Waals surface area contributed by atoms with Gasteiger partial charge in [0.15, 0.2) is 0 Å². The summed E-state index contributed by atoms with van der Waals surface area (Å²) >= 11 is 0. The van der Waals surface area contributed by atoms with Crippen molar-refractivity contribution in [2.45, 2.75) is 25.5 Å². The first-order valence-electron chi connectivity index (χ1n) is 5.49. The summed E-state index contributed by atoms with van der Waals surface area (Å²) in [7, 11) is 1.45. The molecule has 1 aliphatic heterocycles. The Morgan fingerprint density at radius 3 is 2.58 bits per heavy atom. The smallest absolute Gasteiger partial charge is 0.237 e. The van der Waals surface area contributed by atoms with Gasteiger partial charge in [0.25, 0.3) is 0 Å². The van der Waals surface area contributed by atoms with Crippen molar-refractivity contribution in [1.29, 1.82) is 5.26 Å². The third kappa shape index (κ3) is 2.33. The van der Waals surface area contributed by atoms with E-state index in [0.717, 1.165) is 0 Å². The molecule has 1 aromatic heterocycles. The second kappa shape index (κ2) is 4.54. The Morgan fingerprint density at radius 2 is 2.11 bits per heavy atom. The summed E-state index contributed by atoms with van der Waals surface area (Å²) in [5.74, 6) is 0.210. The average molecular weight is 303 g/mol. The summed E-state index contributed by atoms with van der Waals surface area (Å²) in [6, 6.07) is 1.97. The molecule has 1 saturated heterocycles. The van der Waals surface area contributed by atoms with Crippen molar-refractivity contribution in [3.05, 3.63) is 16.9 Å². The SMILES string of the molecule is Cc1oc(N2CC(S(=O)(=O)Cl)CC2=O)c(C#N)c1C. The van der Waals surface area contributed by atoms with Gasteiger partial charge in [-0.25, -0.2) is 8.42 Å². The molecule has 1 amide bonds. The van der Waals surface area contributed by atoms with Gasteiger partial charge in [0, 0.05) is 29.2 Å². The van der Waals surface area contributed by atoms with Crippen molar-refractivity contribution in [2.24, 2.45) is 0 Å². The topological polar surface area (TPSA) is 91.4 Å². The minimum absolute atomic E-state index is 0.0915. The van der Waals surface area contributed by atoms with Crippen LogP contribution in [0.5, 0.6) is 0 Å². The van der Waals surface area contributed by atoms with Gasteiger partial charge in [0.1, 0.15) is 22.6 Å². The molecule has 1 aromatic rings. The molecule has 1 atom stereocenters. The third-order valence-electron chi connectivity index (χ3n) is 3.21. The predicted molar refractivity (Wildman–Crippen MR) is 68.4 cm³/mol. The van der Waals surface area contributed by atoms with Gasteiger partial charge < -0.3 is 4.42 Å². The van der Waals surface area contributed by atoms with Crippen molar-refractivity contribution < 1.29 is 17.6 Å². The van der Waals surface area contributed by atoms with E-state index in [1.165, 1.54) is 4.90 Å². The Kier molecular flexibility index (Phi) is 3.32. The lowest BCUT2D eigenvalue weighted by molar-refractivity contribution is -0.117. The van der Waals surface area contributed by atoms with E-state index in [9.17, 15) is 13.2 Å². The van der Waals surface area contributed by atoms with Crippen LogP contribution in [0.2, 0.25) is 0 Å². The summed E-state index contributed by atoms with van der Waals surface area (Å²) in [5.41, 5.74) is 0.890. The minimum Gasteiger partial charge on any atom is -0.444 e. The Hall–Kier alpha value is -1.52. The van der Waals surface area contributed by atoms with Gasteiger partial charge in [-0.1, -0.05) is 0 Å². The van der Waals surface area contributed by atoms with Crippen LogP contribution in [0.25, 0.3) is 0 Å². The molecular formula is C11H11ClN2O4S. The number of halogens is 1. The van der Waals surface area contributed by atoms with E-state index in [4.69, 9.17) is 20.4 Å². The van der Waals surface area contributed by atoms with Crippen LogP contribution < -0.4 is 4.90 Å². The fraction of sp³-hybridized carbons (Fsp3) is 0.455. The highest BCUT2D eigenvalue weighted by molar-refractivity contribution is 8.14. The van der Waals surface area contributed by atoms with E-state index >= 15 is 0 Å². The minimum atomic E-state index is -3.81. The van der Waals surface area contributed by atoms with E-state index in [1.54, 1.807) is 13.8 Å². The van der Waals surface area contributed by atoms with Crippen LogP contribution in [0, 0.1) is 25.2 Å². The summed E-state index contributed by atoms with van der Waals surface area (Å²) in [6.45, 7) is 3.29. The molecule has 6 nitrogen and oxygen atoms in total. The predicted octanol–water partition coefficient (Wildman–Crippen LogP) is 1.44. The Balaban J connectivity index is 2.42. The summed E-state index contributed by atoms with van der Waals surface area (Å²) in [6.07, 6.45) is -0.199. The van der Waals surface area contributed by atoms with Gasteiger partial charge in [-0.05, 0) is 13.8 Å². The molecule has 1 aliphatic rings. The molecule has 2 rings (SSSR count). The average Bonchev–Trinajstić information content (AvgIpc) is 2.81. The fourth-order valence-corrected chi connectivity index (χ4v) is 3.02. The highest BCUT2D eigenvalue weighted by Crippen LogP contribution is 2.33. The zero-order valence-corrected chi connectivity index (χ0v) is 11.9. The van der Waals surface area contributed by atoms with Crippen LogP contribution in [0.4, 0.5) is 5.88 Å². The van der Waals surface area contributed by atoms with Gasteiger partial charge in [-0.15, -0.1) is 0 Å². The lowest BCUT2D eigenvalue weighted by atomic mass is 10.2. The standard InChI is InChI=1S/C11H11ClN2O4S/c1-6-7(2)18-11(9(6)4-13)14-5-8(3-10(14)15)19(12,16)17/h8H,3,5H2,1-2H3. The van der Waals surface area contributed by atoms with Crippen LogP contribution in [-0.2, 0) is 13.8 Å². The van der Waals surface area contributed by atoms with Gasteiger partial charge in [-0.3, -0.25) is 9.69 Å². The molecule has 1 unspecified atom stereocenters. The maximum absolute atomic E-state index is 11.9. The van der Waals surface area contributed by atoms with Crippen molar-refractivity contribution >= 4 is 31.5 Å². The normalized spacial score (nSPS) is 19.8. The van der Waals surface area contributed by atoms with Gasteiger partial charge >= 0.3 is 0 Å². The van der Waals surface area contributed by atoms with E-state index in [1.807, 2.05) is 6.07 Å². The van der Waals surface area contributed by atoms with Crippen molar-refractivity contribution in [1.82, 2.24) is 0 Å². The number of anilines is 1. The summed E-state index contributed by atoms with van der Waals surface area (Å²) in [5, 5.41) is 8.12. The molecule has 2 heterocycles. The second-order valence-electron chi connectivity index (χ2n) is 4.38. The quantitative estimate of drug-likeness (QED) is 0.771. The van der Waals surface area contributed by atoms with Crippen LogP contribution >= 0.6 is 10.7 Å². The number of carbonyl (C=O) groups excluding carboxylic acids is 1. The number of hydrogen-bond donors (Lipinski definition) is 0. The molecule has 0 bridgehead atoms. The Bertz CT molecular complexity index is 686. The highest BCUT2D eigenvalue weighted by atomic mass is 35.7. The molecule has 0 aliphatic carbocycles. The lowest BCUT2D eigenvalue weighted by Crippen LogP contribution is -2.27. The Labute approximate surface area is 115 Å². The van der Waals surface area contributed by atoms with Crippen LogP contribution in [0.15, 0.2) is 4.42 Å².